The normalized spacial score (nSPS) is 14.1. The third kappa shape index (κ3) is 4.84. The highest BCUT2D eigenvalue weighted by atomic mass is 32.1. The smallest absolute Gasteiger partial charge is 0.119 e. The van der Waals surface area contributed by atoms with Crippen LogP contribution in [-0.4, -0.2) is 17.8 Å². The molecule has 1 aromatic carbocycles. The molecule has 1 heterocycles. The number of hydrogen-bond donors (Lipinski definition) is 2. The summed E-state index contributed by atoms with van der Waals surface area (Å²) >= 11 is 1.60. The van der Waals surface area contributed by atoms with E-state index in [0.29, 0.717) is 6.54 Å². The van der Waals surface area contributed by atoms with Gasteiger partial charge in [-0.25, -0.2) is 0 Å². The second-order valence-corrected chi connectivity index (χ2v) is 6.22. The number of hydrogen-bond acceptors (Lipinski definition) is 4. The Balaban J connectivity index is 1.86. The van der Waals surface area contributed by atoms with Gasteiger partial charge >= 0.3 is 0 Å². The van der Waals surface area contributed by atoms with Crippen LogP contribution in [0.5, 0.6) is 5.75 Å². The molecule has 0 aliphatic heterocycles. The van der Waals surface area contributed by atoms with Crippen molar-refractivity contribution < 1.29 is 9.84 Å². The van der Waals surface area contributed by atoms with E-state index < -0.39 is 6.10 Å². The van der Waals surface area contributed by atoms with E-state index in [1.54, 1.807) is 11.3 Å². The molecule has 21 heavy (non-hydrogen) atoms. The van der Waals surface area contributed by atoms with Crippen molar-refractivity contribution in [3.8, 4) is 5.75 Å². The first kappa shape index (κ1) is 16.0. The molecule has 0 aliphatic carbocycles. The van der Waals surface area contributed by atoms with Gasteiger partial charge in [0.1, 0.15) is 5.75 Å². The lowest BCUT2D eigenvalue weighted by Gasteiger charge is -2.18. The highest BCUT2D eigenvalue weighted by Crippen LogP contribution is 2.20. The summed E-state index contributed by atoms with van der Waals surface area (Å²) in [6.45, 7) is 6.68. The number of thiophene rings is 1. The minimum Gasteiger partial charge on any atom is -0.491 e. The highest BCUT2D eigenvalue weighted by molar-refractivity contribution is 7.07. The van der Waals surface area contributed by atoms with Gasteiger partial charge in [0.15, 0.2) is 0 Å². The molecule has 4 heteroatoms. The van der Waals surface area contributed by atoms with E-state index in [1.165, 1.54) is 5.56 Å². The summed E-state index contributed by atoms with van der Waals surface area (Å²) in [4.78, 5) is 0. The Kier molecular flexibility index (Phi) is 5.79. The fraction of sp³-hybridized carbons (Fsp3) is 0.412. The second kappa shape index (κ2) is 7.59. The third-order valence-electron chi connectivity index (χ3n) is 3.30. The Hall–Kier alpha value is -1.36. The fourth-order valence-electron chi connectivity index (χ4n) is 2.10. The number of aliphatic hydroxyl groups is 1. The van der Waals surface area contributed by atoms with Crippen LogP contribution in [0.3, 0.4) is 0 Å². The van der Waals surface area contributed by atoms with Crippen LogP contribution in [-0.2, 0) is 0 Å². The Morgan fingerprint density at radius 2 is 1.81 bits per heavy atom. The van der Waals surface area contributed by atoms with Crippen LogP contribution in [0.15, 0.2) is 41.1 Å². The molecule has 0 bridgehead atoms. The first-order valence-electron chi connectivity index (χ1n) is 7.26. The molecule has 2 rings (SSSR count). The molecule has 2 atom stereocenters. The molecule has 2 aromatic rings. The number of ether oxygens (including phenoxy) is 1. The molecular formula is C17H23NO2S. The molecule has 0 saturated carbocycles. The number of rotatable bonds is 7. The second-order valence-electron chi connectivity index (χ2n) is 5.44. The van der Waals surface area contributed by atoms with Gasteiger partial charge in [-0.1, -0.05) is 12.1 Å². The molecule has 1 aromatic heterocycles. The summed E-state index contributed by atoms with van der Waals surface area (Å²) in [5.41, 5.74) is 2.16. The van der Waals surface area contributed by atoms with Crippen LogP contribution in [0, 0.1) is 0 Å². The van der Waals surface area contributed by atoms with Gasteiger partial charge < -0.3 is 15.2 Å². The quantitative estimate of drug-likeness (QED) is 0.814. The van der Waals surface area contributed by atoms with Crippen molar-refractivity contribution in [3.63, 3.8) is 0 Å². The zero-order valence-electron chi connectivity index (χ0n) is 12.7. The van der Waals surface area contributed by atoms with Crippen molar-refractivity contribution in [2.45, 2.75) is 39.0 Å². The van der Waals surface area contributed by atoms with Crippen molar-refractivity contribution in [1.82, 2.24) is 5.32 Å². The van der Waals surface area contributed by atoms with E-state index in [2.05, 4.69) is 24.4 Å². The number of benzene rings is 1. The molecule has 3 nitrogen and oxygen atoms in total. The summed E-state index contributed by atoms with van der Waals surface area (Å²) in [6.07, 6.45) is -0.269. The van der Waals surface area contributed by atoms with Gasteiger partial charge in [0, 0.05) is 12.6 Å². The average Bonchev–Trinajstić information content (AvgIpc) is 2.99. The van der Waals surface area contributed by atoms with Gasteiger partial charge in [-0.2, -0.15) is 11.3 Å². The van der Waals surface area contributed by atoms with E-state index in [4.69, 9.17) is 4.74 Å². The summed E-state index contributed by atoms with van der Waals surface area (Å²) in [5, 5.41) is 17.4. The van der Waals surface area contributed by atoms with E-state index >= 15 is 0 Å². The first-order valence-corrected chi connectivity index (χ1v) is 8.20. The molecule has 114 valence electrons. The monoisotopic (exact) mass is 305 g/mol. The van der Waals surface area contributed by atoms with Gasteiger partial charge in [0.2, 0.25) is 0 Å². The highest BCUT2D eigenvalue weighted by Gasteiger charge is 2.11. The Morgan fingerprint density at radius 1 is 1.10 bits per heavy atom. The van der Waals surface area contributed by atoms with Gasteiger partial charge in [-0.3, -0.25) is 0 Å². The summed E-state index contributed by atoms with van der Waals surface area (Å²) < 4.78 is 5.64. The number of nitrogens with one attached hydrogen (secondary N) is 1. The van der Waals surface area contributed by atoms with Crippen molar-refractivity contribution in [3.05, 3.63) is 52.2 Å². The van der Waals surface area contributed by atoms with Crippen LogP contribution in [0.4, 0.5) is 0 Å². The predicted molar refractivity (Wildman–Crippen MR) is 87.9 cm³/mol. The topological polar surface area (TPSA) is 41.5 Å². The minimum atomic E-state index is -0.456. The van der Waals surface area contributed by atoms with Gasteiger partial charge in [-0.05, 0) is 60.9 Å². The summed E-state index contributed by atoms with van der Waals surface area (Å²) in [5.74, 6) is 0.888. The summed E-state index contributed by atoms with van der Waals surface area (Å²) in [7, 11) is 0. The fourth-order valence-corrected chi connectivity index (χ4v) is 2.80. The van der Waals surface area contributed by atoms with E-state index in [0.717, 1.165) is 11.3 Å². The largest absolute Gasteiger partial charge is 0.491 e. The van der Waals surface area contributed by atoms with Crippen molar-refractivity contribution in [2.24, 2.45) is 0 Å². The van der Waals surface area contributed by atoms with Crippen molar-refractivity contribution in [1.29, 1.82) is 0 Å². The molecule has 0 aliphatic rings. The molecule has 0 amide bonds. The maximum atomic E-state index is 10.1. The lowest BCUT2D eigenvalue weighted by atomic mass is 10.1. The molecule has 0 saturated heterocycles. The van der Waals surface area contributed by atoms with Crippen molar-refractivity contribution in [2.75, 3.05) is 6.54 Å². The SMILES string of the molecule is CC(C)Oc1ccc(C(C)NCC(O)c2ccsc2)cc1. The van der Waals surface area contributed by atoms with E-state index in [1.807, 2.05) is 42.8 Å². The van der Waals surface area contributed by atoms with Crippen molar-refractivity contribution >= 4 is 11.3 Å². The maximum absolute atomic E-state index is 10.1. The van der Waals surface area contributed by atoms with E-state index in [9.17, 15) is 5.11 Å². The zero-order chi connectivity index (χ0) is 15.2. The van der Waals surface area contributed by atoms with Gasteiger partial charge in [0.05, 0.1) is 12.2 Å². The average molecular weight is 305 g/mol. The standard InChI is InChI=1S/C17H23NO2S/c1-12(2)20-16-6-4-14(5-7-16)13(3)18-10-17(19)15-8-9-21-11-15/h4-9,11-13,17-19H,10H2,1-3H3. The predicted octanol–water partition coefficient (Wildman–Crippen LogP) is 3.92. The molecule has 2 unspecified atom stereocenters. The Morgan fingerprint density at radius 3 is 2.38 bits per heavy atom. The maximum Gasteiger partial charge on any atom is 0.119 e. The van der Waals surface area contributed by atoms with Crippen LogP contribution in [0.25, 0.3) is 0 Å². The molecule has 0 fully saturated rings. The van der Waals surface area contributed by atoms with Gasteiger partial charge in [-0.15, -0.1) is 0 Å². The third-order valence-corrected chi connectivity index (χ3v) is 4.00. The molecule has 0 spiro atoms. The summed E-state index contributed by atoms with van der Waals surface area (Å²) in [6, 6.07) is 10.2. The van der Waals surface area contributed by atoms with Crippen LogP contribution in [0.2, 0.25) is 0 Å². The molecular weight excluding hydrogens is 282 g/mol. The lowest BCUT2D eigenvalue weighted by Crippen LogP contribution is -2.24. The molecule has 2 N–H and O–H groups in total. The minimum absolute atomic E-state index is 0.186. The zero-order valence-corrected chi connectivity index (χ0v) is 13.6. The van der Waals surface area contributed by atoms with E-state index in [-0.39, 0.29) is 12.1 Å². The number of aliphatic hydroxyl groups excluding tert-OH is 1. The Bertz CT molecular complexity index is 522. The van der Waals surface area contributed by atoms with Crippen LogP contribution >= 0.6 is 11.3 Å². The lowest BCUT2D eigenvalue weighted by molar-refractivity contribution is 0.171. The Labute approximate surface area is 130 Å². The molecule has 0 radical (unpaired) electrons. The van der Waals surface area contributed by atoms with Crippen LogP contribution in [0.1, 0.15) is 44.0 Å². The van der Waals surface area contributed by atoms with Crippen LogP contribution < -0.4 is 10.1 Å². The van der Waals surface area contributed by atoms with Gasteiger partial charge in [0.25, 0.3) is 0 Å². The first-order chi connectivity index (χ1) is 10.1.